The highest BCUT2D eigenvalue weighted by atomic mass is 16.7. The van der Waals surface area contributed by atoms with E-state index in [2.05, 4.69) is 5.32 Å². The average molecular weight is 872 g/mol. The number of aliphatic hydroxyl groups excluding tert-OH is 2. The molecule has 0 saturated carbocycles. The third-order valence-corrected chi connectivity index (χ3v) is 11.8. The van der Waals surface area contributed by atoms with Crippen LogP contribution in [0.4, 0.5) is 0 Å². The topological polar surface area (TPSA) is 210 Å². The van der Waals surface area contributed by atoms with Crippen molar-refractivity contribution in [3.05, 3.63) is 100.0 Å². The Bertz CT molecular complexity index is 2250. The molecule has 1 amide bonds. The number of benzene rings is 2. The largest absolute Gasteiger partial charge is 0.494 e. The van der Waals surface area contributed by atoms with Crippen LogP contribution in [-0.4, -0.2) is 89.3 Å². The number of fused-ring (bicyclic) bond motifs is 14. The molecule has 15 nitrogen and oxygen atoms in total. The number of hydrogen-bond donors (Lipinski definition) is 3. The number of unbranched alkanes of at least 4 members (excludes halogenated alkanes) is 1. The van der Waals surface area contributed by atoms with Gasteiger partial charge in [-0.05, 0) is 50.6 Å². The van der Waals surface area contributed by atoms with Gasteiger partial charge in [0.1, 0.15) is 23.4 Å². The van der Waals surface area contributed by atoms with Crippen molar-refractivity contribution in [2.75, 3.05) is 13.7 Å². The number of rotatable bonds is 8. The molecular formula is C48H57NO14. The second-order valence-corrected chi connectivity index (χ2v) is 16.5. The molecule has 1 aliphatic carbocycles. The molecule has 3 aliphatic heterocycles. The lowest BCUT2D eigenvalue weighted by Gasteiger charge is -2.38. The Morgan fingerprint density at radius 2 is 1.59 bits per heavy atom. The van der Waals surface area contributed by atoms with Crippen molar-refractivity contribution in [1.29, 1.82) is 0 Å². The molecule has 0 radical (unpaired) electrons. The van der Waals surface area contributed by atoms with E-state index in [9.17, 15) is 39.0 Å². The Hall–Kier alpha value is -5.90. The number of ketones is 3. The van der Waals surface area contributed by atoms with Gasteiger partial charge in [-0.25, -0.2) is 4.79 Å². The number of carbonyl (C=O) groups excluding carboxylic acids is 6. The monoisotopic (exact) mass is 871 g/mol. The molecule has 0 saturated heterocycles. The fraction of sp³-hybridized carbons (Fsp3) is 0.458. The first-order valence-electron chi connectivity index (χ1n) is 21.0. The first-order chi connectivity index (χ1) is 29.8. The summed E-state index contributed by atoms with van der Waals surface area (Å²) < 4.78 is 35.3. The minimum Gasteiger partial charge on any atom is -0.494 e. The van der Waals surface area contributed by atoms with Gasteiger partial charge in [0, 0.05) is 61.8 Å². The second kappa shape index (κ2) is 20.1. The highest BCUT2D eigenvalue weighted by Crippen LogP contribution is 2.48. The summed E-state index contributed by atoms with van der Waals surface area (Å²) in [6.07, 6.45) is 5.93. The minimum absolute atomic E-state index is 0.0208. The SMILES string of the molecule is CCCCOc1ccc(C(=O)Oc2c(C)c3c4c5c2C(=O)C(=CC5=O)NC(=O)C(C)=CC=CC(C)C(O)C(C)C(O)C(C)C(OC(C)=O)C(C)C(OC)C=COC(C)(O3)C4=O)cc1. The third-order valence-electron chi connectivity index (χ3n) is 11.8. The molecule has 338 valence electrons. The van der Waals surface area contributed by atoms with E-state index in [0.717, 1.165) is 25.2 Å². The van der Waals surface area contributed by atoms with Gasteiger partial charge in [0.05, 0.1) is 59.1 Å². The van der Waals surface area contributed by atoms with Crippen LogP contribution in [0, 0.1) is 30.6 Å². The van der Waals surface area contributed by atoms with Crippen LogP contribution in [-0.2, 0) is 23.8 Å². The molecule has 9 unspecified atom stereocenters. The summed E-state index contributed by atoms with van der Waals surface area (Å²) in [5, 5.41) is 25.3. The maximum Gasteiger partial charge on any atom is 0.343 e. The summed E-state index contributed by atoms with van der Waals surface area (Å²) in [5.41, 5.74) is -1.35. The highest BCUT2D eigenvalue weighted by molar-refractivity contribution is 6.31. The van der Waals surface area contributed by atoms with Crippen LogP contribution in [0.3, 0.4) is 0 Å². The van der Waals surface area contributed by atoms with Crippen LogP contribution in [0.2, 0.25) is 0 Å². The normalized spacial score (nSPS) is 27.7. The van der Waals surface area contributed by atoms with Crippen molar-refractivity contribution < 1.29 is 67.4 Å². The van der Waals surface area contributed by atoms with Crippen molar-refractivity contribution in [3.63, 3.8) is 0 Å². The minimum atomic E-state index is -2.12. The predicted octanol–water partition coefficient (Wildman–Crippen LogP) is 6.32. The van der Waals surface area contributed by atoms with Crippen molar-refractivity contribution in [1.82, 2.24) is 5.32 Å². The third kappa shape index (κ3) is 10.2. The Labute approximate surface area is 367 Å². The van der Waals surface area contributed by atoms with Gasteiger partial charge in [0.2, 0.25) is 5.78 Å². The Morgan fingerprint density at radius 1 is 0.905 bits per heavy atom. The number of esters is 2. The van der Waals surface area contributed by atoms with E-state index >= 15 is 0 Å². The molecular weight excluding hydrogens is 815 g/mol. The standard InChI is InChI=1S/C48H57NO14/c1-11-12-21-59-32-18-16-31(17-19-32)47(57)62-43-29(7)44-38-36-34(51)23-33(41(54)37(36)43)49-46(56)25(3)15-13-14-24(2)39(52)27(5)40(53)28(6)42(61-30(8)50)26(4)35(58-10)20-22-60-48(9,63-44)45(38)55/h13-20,22-24,26-28,35,39-40,42,52-53H,11-12,21H2,1-10H3,(H,49,56). The fourth-order valence-corrected chi connectivity index (χ4v) is 7.91. The first kappa shape index (κ1) is 48.1. The van der Waals surface area contributed by atoms with Crippen molar-refractivity contribution >= 4 is 35.2 Å². The fourth-order valence-electron chi connectivity index (χ4n) is 7.91. The van der Waals surface area contributed by atoms with Crippen LogP contribution >= 0.6 is 0 Å². The summed E-state index contributed by atoms with van der Waals surface area (Å²) in [5.74, 6) is -9.57. The number of Topliss-reactive ketones (excluding diaryl/α,β-unsaturated/α-hetero) is 2. The number of amides is 1. The van der Waals surface area contributed by atoms with Gasteiger partial charge in [-0.1, -0.05) is 59.3 Å². The molecule has 9 atom stereocenters. The second-order valence-electron chi connectivity index (χ2n) is 16.5. The maximum absolute atomic E-state index is 14.4. The number of hydrogen-bond acceptors (Lipinski definition) is 14. The molecule has 5 bridgehead atoms. The van der Waals surface area contributed by atoms with E-state index < -0.39 is 106 Å². The quantitative estimate of drug-likeness (QED) is 0.151. The van der Waals surface area contributed by atoms with E-state index in [4.69, 9.17) is 28.4 Å². The molecule has 63 heavy (non-hydrogen) atoms. The predicted molar refractivity (Wildman–Crippen MR) is 229 cm³/mol. The lowest BCUT2D eigenvalue weighted by Crippen LogP contribution is -2.46. The zero-order valence-corrected chi connectivity index (χ0v) is 37.3. The number of carbonyl (C=O) groups is 6. The summed E-state index contributed by atoms with van der Waals surface area (Å²) in [6.45, 7) is 14.8. The lowest BCUT2D eigenvalue weighted by atomic mass is 9.78. The number of methoxy groups -OCH3 is 1. The maximum atomic E-state index is 14.4. The summed E-state index contributed by atoms with van der Waals surface area (Å²) in [4.78, 5) is 82.6. The van der Waals surface area contributed by atoms with Gasteiger partial charge in [0.15, 0.2) is 5.78 Å². The van der Waals surface area contributed by atoms with Crippen molar-refractivity contribution in [2.45, 2.75) is 105 Å². The molecule has 15 heteroatoms. The van der Waals surface area contributed by atoms with Gasteiger partial charge in [-0.3, -0.25) is 24.0 Å². The molecule has 0 fully saturated rings. The van der Waals surface area contributed by atoms with Gasteiger partial charge in [-0.2, -0.15) is 0 Å². The smallest absolute Gasteiger partial charge is 0.343 e. The molecule has 6 rings (SSSR count). The summed E-state index contributed by atoms with van der Waals surface area (Å²) in [6, 6.07) is 6.15. The zero-order valence-electron chi connectivity index (χ0n) is 37.3. The van der Waals surface area contributed by atoms with Crippen LogP contribution in [0.5, 0.6) is 17.2 Å². The van der Waals surface area contributed by atoms with Gasteiger partial charge >= 0.3 is 17.7 Å². The Balaban J connectivity index is 1.62. The van der Waals surface area contributed by atoms with Crippen molar-refractivity contribution in [2.24, 2.45) is 23.7 Å². The number of ether oxygens (including phenoxy) is 6. The molecule has 2 aromatic carbocycles. The molecule has 3 N–H and O–H groups in total. The van der Waals surface area contributed by atoms with Gasteiger partial charge in [-0.15, -0.1) is 0 Å². The molecule has 0 spiro atoms. The zero-order chi connectivity index (χ0) is 46.5. The van der Waals surface area contributed by atoms with E-state index in [1.165, 1.54) is 59.1 Å². The average Bonchev–Trinajstić information content (AvgIpc) is 3.51. The molecule has 3 heterocycles. The number of nitrogens with one attached hydrogen (secondary N) is 1. The van der Waals surface area contributed by atoms with Crippen LogP contribution in [0.15, 0.2) is 72.2 Å². The number of allylic oxidation sites excluding steroid dienone is 4. The molecule has 2 aromatic rings. The molecule has 0 aromatic heterocycles. The first-order valence-corrected chi connectivity index (χ1v) is 21.0. The van der Waals surface area contributed by atoms with E-state index in [1.54, 1.807) is 52.0 Å². The van der Waals surface area contributed by atoms with Crippen LogP contribution in [0.1, 0.15) is 115 Å². The Morgan fingerprint density at radius 3 is 2.22 bits per heavy atom. The van der Waals surface area contributed by atoms with E-state index in [-0.39, 0.29) is 33.8 Å². The van der Waals surface area contributed by atoms with E-state index in [0.29, 0.717) is 12.4 Å². The van der Waals surface area contributed by atoms with Gasteiger partial charge in [0.25, 0.3) is 11.7 Å². The number of aliphatic hydroxyl groups is 2. The molecule has 4 aliphatic rings. The summed E-state index contributed by atoms with van der Waals surface area (Å²) >= 11 is 0. The van der Waals surface area contributed by atoms with Crippen LogP contribution in [0.25, 0.3) is 0 Å². The lowest BCUT2D eigenvalue weighted by molar-refractivity contribution is -0.160. The van der Waals surface area contributed by atoms with Gasteiger partial charge < -0.3 is 44.0 Å². The Kier molecular flexibility index (Phi) is 15.3. The van der Waals surface area contributed by atoms with E-state index in [1.807, 2.05) is 6.92 Å². The highest BCUT2D eigenvalue weighted by Gasteiger charge is 2.52. The van der Waals surface area contributed by atoms with Crippen LogP contribution < -0.4 is 19.5 Å². The summed E-state index contributed by atoms with van der Waals surface area (Å²) in [7, 11) is 1.42. The van der Waals surface area contributed by atoms with Crippen molar-refractivity contribution in [3.8, 4) is 17.2 Å².